The SMILES string of the molecule is Cn1ccn(C2=[C-]c3ccccc3C2)[cH+]1.[Ir]. The summed E-state index contributed by atoms with van der Waals surface area (Å²) in [5, 5.41) is 0. The van der Waals surface area contributed by atoms with Crippen molar-refractivity contribution in [1.29, 1.82) is 0 Å². The van der Waals surface area contributed by atoms with Crippen molar-refractivity contribution in [2.24, 2.45) is 7.05 Å². The van der Waals surface area contributed by atoms with Crippen molar-refractivity contribution in [3.05, 3.63) is 60.2 Å². The molecule has 0 spiro atoms. The van der Waals surface area contributed by atoms with Crippen molar-refractivity contribution in [2.75, 3.05) is 0 Å². The summed E-state index contributed by atoms with van der Waals surface area (Å²) < 4.78 is 4.16. The second-order valence-electron chi connectivity index (χ2n) is 3.89. The van der Waals surface area contributed by atoms with Crippen LogP contribution in [0.25, 0.3) is 5.70 Å². The smallest absolute Gasteiger partial charge is 0.164 e. The number of nitrogens with zero attached hydrogens (tertiary/aromatic N) is 2. The minimum absolute atomic E-state index is 0. The normalized spacial score (nSPS) is 12.9. The van der Waals surface area contributed by atoms with E-state index in [0.717, 1.165) is 6.42 Å². The van der Waals surface area contributed by atoms with Crippen LogP contribution in [0, 0.1) is 6.08 Å². The van der Waals surface area contributed by atoms with Crippen LogP contribution in [0.4, 0.5) is 0 Å². The Morgan fingerprint density at radius 3 is 2.75 bits per heavy atom. The van der Waals surface area contributed by atoms with Gasteiger partial charge in [-0.3, -0.25) is 4.57 Å². The summed E-state index contributed by atoms with van der Waals surface area (Å²) in [7, 11) is 2.03. The first kappa shape index (κ1) is 11.3. The molecule has 0 saturated carbocycles. The zero-order valence-electron chi connectivity index (χ0n) is 8.98. The number of aromatic nitrogens is 2. The van der Waals surface area contributed by atoms with Gasteiger partial charge in [-0.25, -0.2) is 4.57 Å². The number of imidazole rings is 1. The molecule has 1 aromatic heterocycles. The van der Waals surface area contributed by atoms with Crippen molar-refractivity contribution in [1.82, 2.24) is 9.13 Å². The van der Waals surface area contributed by atoms with Crippen molar-refractivity contribution < 1.29 is 20.1 Å². The third kappa shape index (κ3) is 1.89. The van der Waals surface area contributed by atoms with Gasteiger partial charge in [0.2, 0.25) is 0 Å². The van der Waals surface area contributed by atoms with Crippen molar-refractivity contribution in [3.63, 3.8) is 0 Å². The number of fused-ring (bicyclic) bond motifs is 1. The van der Waals surface area contributed by atoms with Gasteiger partial charge in [-0.2, -0.15) is 11.6 Å². The fraction of sp³-hybridized carbons (Fsp3) is 0.154. The molecule has 0 saturated heterocycles. The van der Waals surface area contributed by atoms with Gasteiger partial charge in [-0.1, -0.05) is 6.07 Å². The van der Waals surface area contributed by atoms with Crippen LogP contribution in [0.2, 0.25) is 0 Å². The molecular formula is C13H12IrN2. The Labute approximate surface area is 109 Å². The van der Waals surface area contributed by atoms with E-state index >= 15 is 0 Å². The van der Waals surface area contributed by atoms with Crippen LogP contribution in [-0.4, -0.2) is 9.13 Å². The third-order valence-corrected chi connectivity index (χ3v) is 2.73. The minimum Gasteiger partial charge on any atom is -0.255 e. The molecular weight excluding hydrogens is 376 g/mol. The maximum absolute atomic E-state index is 3.43. The van der Waals surface area contributed by atoms with E-state index in [1.54, 1.807) is 0 Å². The second-order valence-corrected chi connectivity index (χ2v) is 3.89. The second kappa shape index (κ2) is 4.36. The fourth-order valence-corrected chi connectivity index (χ4v) is 1.94. The molecule has 0 bridgehead atoms. The van der Waals surface area contributed by atoms with Gasteiger partial charge >= 0.3 is 0 Å². The molecule has 0 amide bonds. The average Bonchev–Trinajstić information content (AvgIpc) is 2.82. The fourth-order valence-electron chi connectivity index (χ4n) is 1.94. The zero-order valence-corrected chi connectivity index (χ0v) is 11.4. The summed E-state index contributed by atoms with van der Waals surface area (Å²) in [5.41, 5.74) is 3.81. The van der Waals surface area contributed by atoms with Gasteiger partial charge in [0, 0.05) is 32.9 Å². The molecule has 1 heterocycles. The molecule has 3 rings (SSSR count). The number of allylic oxidation sites excluding steroid dienone is 1. The standard InChI is InChI=1S/C13H12N2.Ir/c1-14-6-7-15(10-14)13-8-11-4-2-3-5-12(11)9-13;/h2-7,10H,8H2,1H3;. The Hall–Kier alpha value is -1.18. The summed E-state index contributed by atoms with van der Waals surface area (Å²) >= 11 is 0. The van der Waals surface area contributed by atoms with Crippen molar-refractivity contribution in [2.45, 2.75) is 6.42 Å². The molecule has 0 atom stereocenters. The van der Waals surface area contributed by atoms with Gasteiger partial charge in [0.05, 0.1) is 0 Å². The van der Waals surface area contributed by atoms with Crippen LogP contribution in [0.5, 0.6) is 0 Å². The van der Waals surface area contributed by atoms with Gasteiger partial charge in [0.1, 0.15) is 12.4 Å². The largest absolute Gasteiger partial charge is 0.255 e. The van der Waals surface area contributed by atoms with E-state index in [4.69, 9.17) is 0 Å². The molecule has 1 aromatic carbocycles. The van der Waals surface area contributed by atoms with E-state index in [1.807, 2.05) is 17.8 Å². The number of hydrogen-bond donors (Lipinski definition) is 0. The van der Waals surface area contributed by atoms with Crippen LogP contribution in [0.1, 0.15) is 11.1 Å². The molecule has 83 valence electrons. The van der Waals surface area contributed by atoms with E-state index in [0.29, 0.717) is 0 Å². The monoisotopic (exact) mass is 389 g/mol. The summed E-state index contributed by atoms with van der Waals surface area (Å²) in [4.78, 5) is 0. The molecule has 3 heteroatoms. The third-order valence-electron chi connectivity index (χ3n) is 2.73. The molecule has 2 aromatic rings. The Balaban J connectivity index is 0.000000963. The number of rotatable bonds is 1. The topological polar surface area (TPSA) is 9.86 Å². The predicted molar refractivity (Wildman–Crippen MR) is 60.0 cm³/mol. The van der Waals surface area contributed by atoms with Crippen LogP contribution in [0.15, 0.2) is 43.0 Å². The van der Waals surface area contributed by atoms with Crippen molar-refractivity contribution in [3.8, 4) is 0 Å². The van der Waals surface area contributed by atoms with E-state index < -0.39 is 0 Å². The summed E-state index contributed by atoms with van der Waals surface area (Å²) in [5.74, 6) is 0. The van der Waals surface area contributed by atoms with Gasteiger partial charge in [0.15, 0.2) is 6.33 Å². The number of aryl methyl sites for hydroxylation is 1. The van der Waals surface area contributed by atoms with Crippen LogP contribution in [0.3, 0.4) is 0 Å². The van der Waals surface area contributed by atoms with E-state index in [2.05, 4.69) is 47.4 Å². The van der Waals surface area contributed by atoms with Crippen LogP contribution >= 0.6 is 0 Å². The first-order chi connectivity index (χ1) is 7.33. The number of hydrogen-bond acceptors (Lipinski definition) is 0. The van der Waals surface area contributed by atoms with Gasteiger partial charge in [-0.05, 0) is 6.42 Å². The van der Waals surface area contributed by atoms with Gasteiger partial charge in [0.25, 0.3) is 0 Å². The van der Waals surface area contributed by atoms with E-state index in [-0.39, 0.29) is 20.1 Å². The molecule has 0 N–H and O–H groups in total. The Morgan fingerprint density at radius 2 is 2.06 bits per heavy atom. The Kier molecular flexibility index (Phi) is 3.08. The Bertz CT molecular complexity index is 540. The molecule has 0 fully saturated rings. The summed E-state index contributed by atoms with van der Waals surface area (Å²) in [6.45, 7) is 0. The van der Waals surface area contributed by atoms with Gasteiger partial charge in [-0.15, -0.1) is 23.8 Å². The Morgan fingerprint density at radius 1 is 1.25 bits per heavy atom. The van der Waals surface area contributed by atoms with E-state index in [9.17, 15) is 0 Å². The summed E-state index contributed by atoms with van der Waals surface area (Å²) in [6, 6.07) is 8.42. The maximum atomic E-state index is 3.43. The molecule has 1 radical (unpaired) electrons. The summed E-state index contributed by atoms with van der Waals surface area (Å²) in [6.07, 6.45) is 10.6. The molecule has 2 nitrogen and oxygen atoms in total. The first-order valence-electron chi connectivity index (χ1n) is 5.07. The average molecular weight is 388 g/mol. The van der Waals surface area contributed by atoms with Gasteiger partial charge < -0.3 is 0 Å². The number of benzene rings is 1. The predicted octanol–water partition coefficient (Wildman–Crippen LogP) is 2.35. The first-order valence-corrected chi connectivity index (χ1v) is 5.07. The zero-order chi connectivity index (χ0) is 10.3. The molecule has 1 aliphatic rings. The molecule has 16 heavy (non-hydrogen) atoms. The van der Waals surface area contributed by atoms with Crippen LogP contribution in [-0.2, 0) is 33.6 Å². The molecule has 0 aliphatic heterocycles. The maximum Gasteiger partial charge on any atom is 0.164 e. The van der Waals surface area contributed by atoms with Crippen LogP contribution < -0.4 is 0 Å². The molecule has 0 unspecified atom stereocenters. The minimum atomic E-state index is 0. The van der Waals surface area contributed by atoms with Crippen molar-refractivity contribution >= 4 is 5.70 Å². The quantitative estimate of drug-likeness (QED) is 0.664. The van der Waals surface area contributed by atoms with E-state index in [1.165, 1.54) is 16.8 Å². The molecule has 1 aliphatic carbocycles.